The van der Waals surface area contributed by atoms with Crippen LogP contribution in [0, 0.1) is 0 Å². The number of hydrogen-bond acceptors (Lipinski definition) is 4. The highest BCUT2D eigenvalue weighted by Gasteiger charge is 2.34. The molecule has 0 aliphatic carbocycles. The smallest absolute Gasteiger partial charge is 0.417 e. The second-order valence-electron chi connectivity index (χ2n) is 4.23. The van der Waals surface area contributed by atoms with Crippen LogP contribution < -0.4 is 4.74 Å². The number of benzene rings is 1. The lowest BCUT2D eigenvalue weighted by molar-refractivity contribution is -0.137. The number of carbonyl (C=O) groups is 1. The molecular weight excluding hydrogens is 301 g/mol. The van der Waals surface area contributed by atoms with Gasteiger partial charge in [0.15, 0.2) is 5.69 Å². The van der Waals surface area contributed by atoms with Crippen LogP contribution in [0.3, 0.4) is 0 Å². The van der Waals surface area contributed by atoms with E-state index in [2.05, 4.69) is 9.97 Å². The van der Waals surface area contributed by atoms with Crippen LogP contribution in [-0.2, 0) is 6.18 Å². The zero-order valence-corrected chi connectivity index (χ0v) is 11.4. The Labute approximate surface area is 123 Å². The molecule has 2 rings (SSSR count). The predicted molar refractivity (Wildman–Crippen MR) is 70.6 cm³/mol. The van der Waals surface area contributed by atoms with Crippen molar-refractivity contribution in [2.45, 2.75) is 13.1 Å². The average Bonchev–Trinajstić information content (AvgIpc) is 2.47. The molecule has 0 bridgehead atoms. The molecule has 0 atom stereocenters. The number of halogens is 3. The van der Waals surface area contributed by atoms with Crippen LogP contribution >= 0.6 is 0 Å². The molecule has 0 spiro atoms. The molecule has 0 radical (unpaired) electrons. The molecule has 1 aromatic heterocycles. The van der Waals surface area contributed by atoms with Crippen molar-refractivity contribution in [3.63, 3.8) is 0 Å². The van der Waals surface area contributed by atoms with Crippen molar-refractivity contribution in [1.29, 1.82) is 0 Å². The van der Waals surface area contributed by atoms with Gasteiger partial charge >= 0.3 is 12.1 Å². The van der Waals surface area contributed by atoms with Gasteiger partial charge in [0.1, 0.15) is 5.75 Å². The van der Waals surface area contributed by atoms with Gasteiger partial charge in [0.25, 0.3) is 0 Å². The summed E-state index contributed by atoms with van der Waals surface area (Å²) in [7, 11) is 0. The minimum atomic E-state index is -4.64. The fourth-order valence-corrected chi connectivity index (χ4v) is 1.84. The molecule has 8 heteroatoms. The minimum absolute atomic E-state index is 0.0703. The Morgan fingerprint density at radius 3 is 2.64 bits per heavy atom. The van der Waals surface area contributed by atoms with Crippen LogP contribution in [0.25, 0.3) is 11.3 Å². The normalized spacial score (nSPS) is 11.3. The summed E-state index contributed by atoms with van der Waals surface area (Å²) in [6.07, 6.45) is -2.59. The van der Waals surface area contributed by atoms with Gasteiger partial charge in [-0.3, -0.25) is 4.98 Å². The first-order valence-corrected chi connectivity index (χ1v) is 6.22. The number of carboxylic acids is 1. The number of carboxylic acid groups (broad SMARTS) is 1. The fraction of sp³-hybridized carbons (Fsp3) is 0.214. The van der Waals surface area contributed by atoms with Crippen molar-refractivity contribution < 1.29 is 27.8 Å². The second-order valence-corrected chi connectivity index (χ2v) is 4.23. The number of ether oxygens (including phenoxy) is 1. The Bertz CT molecular complexity index is 702. The molecule has 0 aliphatic rings. The topological polar surface area (TPSA) is 72.3 Å². The van der Waals surface area contributed by atoms with Crippen molar-refractivity contribution in [2.75, 3.05) is 6.61 Å². The van der Waals surface area contributed by atoms with Gasteiger partial charge in [-0.25, -0.2) is 9.78 Å². The van der Waals surface area contributed by atoms with Gasteiger partial charge in [-0.1, -0.05) is 0 Å². The largest absolute Gasteiger partial charge is 0.494 e. The predicted octanol–water partition coefficient (Wildman–Crippen LogP) is 3.26. The third-order valence-corrected chi connectivity index (χ3v) is 2.74. The summed E-state index contributed by atoms with van der Waals surface area (Å²) < 4.78 is 44.6. The number of aromatic nitrogens is 2. The summed E-state index contributed by atoms with van der Waals surface area (Å²) >= 11 is 0. The van der Waals surface area contributed by atoms with Gasteiger partial charge in [0, 0.05) is 5.56 Å². The molecule has 116 valence electrons. The molecule has 0 unspecified atom stereocenters. The van der Waals surface area contributed by atoms with Gasteiger partial charge in [-0.2, -0.15) is 13.2 Å². The Morgan fingerprint density at radius 2 is 2.05 bits per heavy atom. The molecule has 0 fully saturated rings. The Kier molecular flexibility index (Phi) is 4.30. The molecule has 0 saturated heterocycles. The molecule has 5 nitrogen and oxygen atoms in total. The Morgan fingerprint density at radius 1 is 1.32 bits per heavy atom. The van der Waals surface area contributed by atoms with E-state index in [0.29, 0.717) is 0 Å². The maximum absolute atomic E-state index is 13.2. The number of aromatic carboxylic acids is 1. The lowest BCUT2D eigenvalue weighted by atomic mass is 10.0. The van der Waals surface area contributed by atoms with Crippen LogP contribution in [0.1, 0.15) is 23.0 Å². The van der Waals surface area contributed by atoms with Gasteiger partial charge in [0.2, 0.25) is 0 Å². The van der Waals surface area contributed by atoms with Crippen molar-refractivity contribution in [2.24, 2.45) is 0 Å². The van der Waals surface area contributed by atoms with Crippen LogP contribution in [0.4, 0.5) is 13.2 Å². The van der Waals surface area contributed by atoms with E-state index in [1.165, 1.54) is 12.1 Å². The minimum Gasteiger partial charge on any atom is -0.494 e. The van der Waals surface area contributed by atoms with E-state index in [9.17, 15) is 18.0 Å². The van der Waals surface area contributed by atoms with E-state index in [0.717, 1.165) is 18.5 Å². The molecule has 1 heterocycles. The first-order valence-electron chi connectivity index (χ1n) is 6.22. The van der Waals surface area contributed by atoms with Crippen LogP contribution in [0.2, 0.25) is 0 Å². The maximum atomic E-state index is 13.2. The highest BCUT2D eigenvalue weighted by Crippen LogP contribution is 2.38. The molecule has 0 amide bonds. The van der Waals surface area contributed by atoms with Gasteiger partial charge < -0.3 is 9.84 Å². The lowest BCUT2D eigenvalue weighted by Crippen LogP contribution is -2.09. The van der Waals surface area contributed by atoms with Gasteiger partial charge in [0.05, 0.1) is 30.3 Å². The Balaban J connectivity index is 2.59. The molecule has 0 saturated carbocycles. The summed E-state index contributed by atoms with van der Waals surface area (Å²) in [5.41, 5.74) is -1.82. The summed E-state index contributed by atoms with van der Waals surface area (Å²) in [6.45, 7) is 1.88. The summed E-state index contributed by atoms with van der Waals surface area (Å²) in [5, 5.41) is 8.85. The molecule has 2 aromatic rings. The van der Waals surface area contributed by atoms with Crippen LogP contribution in [0.15, 0.2) is 30.6 Å². The van der Waals surface area contributed by atoms with E-state index >= 15 is 0 Å². The zero-order valence-electron chi connectivity index (χ0n) is 11.4. The summed E-state index contributed by atoms with van der Waals surface area (Å²) in [4.78, 5) is 18.2. The van der Waals surface area contributed by atoms with E-state index in [4.69, 9.17) is 9.84 Å². The van der Waals surface area contributed by atoms with E-state index < -0.39 is 23.4 Å². The first-order chi connectivity index (χ1) is 10.3. The summed E-state index contributed by atoms with van der Waals surface area (Å²) in [6, 6.07) is 3.40. The van der Waals surface area contributed by atoms with E-state index in [1.807, 2.05) is 0 Å². The van der Waals surface area contributed by atoms with Crippen molar-refractivity contribution in [3.05, 3.63) is 41.9 Å². The quantitative estimate of drug-likeness (QED) is 0.938. The van der Waals surface area contributed by atoms with Crippen LogP contribution in [-0.4, -0.2) is 27.7 Å². The van der Waals surface area contributed by atoms with Gasteiger partial charge in [-0.15, -0.1) is 0 Å². The molecule has 22 heavy (non-hydrogen) atoms. The average molecular weight is 312 g/mol. The number of nitrogens with zero attached hydrogens (tertiary/aromatic N) is 2. The third kappa shape index (κ3) is 3.33. The Hall–Kier alpha value is -2.64. The van der Waals surface area contributed by atoms with E-state index in [1.54, 1.807) is 6.92 Å². The molecule has 1 aromatic carbocycles. The SMILES string of the molecule is CCOc1ccc(-c2cncc(C(=O)O)n2)c(C(F)(F)F)c1. The number of rotatable bonds is 4. The molecular formula is C14H11F3N2O3. The van der Waals surface area contributed by atoms with Gasteiger partial charge in [-0.05, 0) is 25.1 Å². The first kappa shape index (κ1) is 15.7. The van der Waals surface area contributed by atoms with Crippen molar-refractivity contribution in [1.82, 2.24) is 9.97 Å². The standard InChI is InChI=1S/C14H11F3N2O3/c1-2-22-8-3-4-9(10(5-8)14(15,16)17)11-6-18-7-12(19-11)13(20)21/h3-7H,2H2,1H3,(H,20,21). The monoisotopic (exact) mass is 312 g/mol. The lowest BCUT2D eigenvalue weighted by Gasteiger charge is -2.14. The van der Waals surface area contributed by atoms with Crippen molar-refractivity contribution in [3.8, 4) is 17.0 Å². The third-order valence-electron chi connectivity index (χ3n) is 2.74. The number of hydrogen-bond donors (Lipinski definition) is 1. The highest BCUT2D eigenvalue weighted by atomic mass is 19.4. The second kappa shape index (κ2) is 6.00. The summed E-state index contributed by atoms with van der Waals surface area (Å²) in [5.74, 6) is -1.30. The van der Waals surface area contributed by atoms with Crippen molar-refractivity contribution >= 4 is 5.97 Å². The van der Waals surface area contributed by atoms with E-state index in [-0.39, 0.29) is 23.6 Å². The zero-order chi connectivity index (χ0) is 16.3. The molecule has 1 N–H and O–H groups in total. The fourth-order valence-electron chi connectivity index (χ4n) is 1.84. The highest BCUT2D eigenvalue weighted by molar-refractivity contribution is 5.85. The van der Waals surface area contributed by atoms with Crippen LogP contribution in [0.5, 0.6) is 5.75 Å². The number of alkyl halides is 3. The maximum Gasteiger partial charge on any atom is 0.417 e. The molecule has 0 aliphatic heterocycles.